The number of hydrogen-bond donors (Lipinski definition) is 1. The molecule has 0 heterocycles. The molecule has 4 rings (SSSR count). The lowest BCUT2D eigenvalue weighted by Gasteiger charge is -2.32. The summed E-state index contributed by atoms with van der Waals surface area (Å²) in [5.41, 5.74) is 3.69. The number of benzene rings is 4. The Labute approximate surface area is 227 Å². The van der Waals surface area contributed by atoms with Gasteiger partial charge < -0.3 is 10.2 Å². The molecular formula is C31H28Cl2N2O2. The largest absolute Gasteiger partial charge is 0.350 e. The average molecular weight is 531 g/mol. The lowest BCUT2D eigenvalue weighted by atomic mass is 10.0. The van der Waals surface area contributed by atoms with E-state index in [-0.39, 0.29) is 24.8 Å². The molecule has 0 aromatic heterocycles. The van der Waals surface area contributed by atoms with Gasteiger partial charge in [0.1, 0.15) is 6.04 Å². The maximum atomic E-state index is 13.8. The Bertz CT molecular complexity index is 1290. The molecular weight excluding hydrogens is 503 g/mol. The molecule has 6 heteroatoms. The van der Waals surface area contributed by atoms with Gasteiger partial charge in [0, 0.05) is 29.6 Å². The lowest BCUT2D eigenvalue weighted by molar-refractivity contribution is -0.140. The molecule has 0 saturated heterocycles. The fourth-order valence-electron chi connectivity index (χ4n) is 4.12. The van der Waals surface area contributed by atoms with E-state index in [9.17, 15) is 9.59 Å². The van der Waals surface area contributed by atoms with Crippen LogP contribution >= 0.6 is 23.2 Å². The molecule has 0 fully saturated rings. The van der Waals surface area contributed by atoms with Crippen LogP contribution in [-0.4, -0.2) is 22.8 Å². The van der Waals surface area contributed by atoms with Crippen LogP contribution in [0.1, 0.15) is 22.3 Å². The Balaban J connectivity index is 1.64. The summed E-state index contributed by atoms with van der Waals surface area (Å²) in [4.78, 5) is 29.1. The smallest absolute Gasteiger partial charge is 0.243 e. The first-order valence-electron chi connectivity index (χ1n) is 12.1. The minimum Gasteiger partial charge on any atom is -0.350 e. The minimum atomic E-state index is -0.707. The van der Waals surface area contributed by atoms with Crippen LogP contribution < -0.4 is 5.32 Å². The topological polar surface area (TPSA) is 49.4 Å². The Morgan fingerprint density at radius 3 is 1.73 bits per heavy atom. The molecule has 0 radical (unpaired) electrons. The van der Waals surface area contributed by atoms with Crippen molar-refractivity contribution < 1.29 is 9.59 Å². The maximum absolute atomic E-state index is 13.8. The highest BCUT2D eigenvalue weighted by Crippen LogP contribution is 2.19. The zero-order chi connectivity index (χ0) is 26.0. The first kappa shape index (κ1) is 26.5. The molecule has 0 aliphatic carbocycles. The third kappa shape index (κ3) is 7.94. The van der Waals surface area contributed by atoms with E-state index in [1.54, 1.807) is 29.2 Å². The summed E-state index contributed by atoms with van der Waals surface area (Å²) in [5.74, 6) is -0.348. The third-order valence-electron chi connectivity index (χ3n) is 6.12. The summed E-state index contributed by atoms with van der Waals surface area (Å²) in [5, 5.41) is 4.27. The summed E-state index contributed by atoms with van der Waals surface area (Å²) in [6.07, 6.45) is 0.545. The summed E-state index contributed by atoms with van der Waals surface area (Å²) < 4.78 is 0. The van der Waals surface area contributed by atoms with Gasteiger partial charge >= 0.3 is 0 Å². The van der Waals surface area contributed by atoms with Crippen molar-refractivity contribution in [2.75, 3.05) is 0 Å². The summed E-state index contributed by atoms with van der Waals surface area (Å²) in [6.45, 7) is 0.658. The van der Waals surface area contributed by atoms with E-state index < -0.39 is 6.04 Å². The van der Waals surface area contributed by atoms with Gasteiger partial charge in [-0.05, 0) is 46.5 Å². The monoisotopic (exact) mass is 530 g/mol. The molecule has 0 aliphatic heterocycles. The number of nitrogens with one attached hydrogen (secondary N) is 1. The normalized spacial score (nSPS) is 11.5. The zero-order valence-corrected chi connectivity index (χ0v) is 21.8. The van der Waals surface area contributed by atoms with E-state index >= 15 is 0 Å². The van der Waals surface area contributed by atoms with Gasteiger partial charge in [0.05, 0.1) is 6.42 Å². The zero-order valence-electron chi connectivity index (χ0n) is 20.3. The van der Waals surface area contributed by atoms with E-state index in [1.807, 2.05) is 84.9 Å². The second-order valence-electron chi connectivity index (χ2n) is 8.86. The van der Waals surface area contributed by atoms with E-state index in [0.29, 0.717) is 23.0 Å². The number of halogens is 2. The van der Waals surface area contributed by atoms with Crippen molar-refractivity contribution in [1.82, 2.24) is 10.2 Å². The van der Waals surface area contributed by atoms with E-state index in [4.69, 9.17) is 23.2 Å². The van der Waals surface area contributed by atoms with Gasteiger partial charge in [0.15, 0.2) is 0 Å². The van der Waals surface area contributed by atoms with Gasteiger partial charge in [-0.2, -0.15) is 0 Å². The first-order chi connectivity index (χ1) is 18.0. The van der Waals surface area contributed by atoms with Crippen molar-refractivity contribution in [2.45, 2.75) is 32.0 Å². The van der Waals surface area contributed by atoms with Crippen LogP contribution in [-0.2, 0) is 35.5 Å². The Kier molecular flexibility index (Phi) is 9.36. The fourth-order valence-corrected chi connectivity index (χ4v) is 4.37. The Hall–Kier alpha value is -3.60. The summed E-state index contributed by atoms with van der Waals surface area (Å²) in [6, 6.07) is 33.3. The molecule has 0 unspecified atom stereocenters. The molecule has 0 aliphatic rings. The van der Waals surface area contributed by atoms with Crippen LogP contribution in [0.2, 0.25) is 10.0 Å². The number of carbonyl (C=O) groups excluding carboxylic acids is 2. The van der Waals surface area contributed by atoms with Crippen LogP contribution in [0.5, 0.6) is 0 Å². The van der Waals surface area contributed by atoms with Crippen molar-refractivity contribution in [2.24, 2.45) is 0 Å². The SMILES string of the molecule is O=C(NCc1ccccc1)[C@H](Cc1ccccc1)N(Cc1ccc(Cl)cc1)C(=O)Cc1ccc(Cl)cc1. The fraction of sp³-hybridized carbons (Fsp3) is 0.161. The molecule has 1 atom stereocenters. The summed E-state index contributed by atoms with van der Waals surface area (Å²) in [7, 11) is 0. The van der Waals surface area contributed by atoms with Crippen molar-refractivity contribution in [3.63, 3.8) is 0 Å². The van der Waals surface area contributed by atoms with Crippen molar-refractivity contribution in [1.29, 1.82) is 0 Å². The number of amides is 2. The number of carbonyl (C=O) groups is 2. The maximum Gasteiger partial charge on any atom is 0.243 e. The molecule has 4 nitrogen and oxygen atoms in total. The molecule has 0 saturated carbocycles. The van der Waals surface area contributed by atoms with Crippen LogP contribution in [0.15, 0.2) is 109 Å². The van der Waals surface area contributed by atoms with Crippen LogP contribution in [0.4, 0.5) is 0 Å². The lowest BCUT2D eigenvalue weighted by Crippen LogP contribution is -2.50. The molecule has 4 aromatic carbocycles. The van der Waals surface area contributed by atoms with Gasteiger partial charge in [0.2, 0.25) is 11.8 Å². The van der Waals surface area contributed by atoms with Gasteiger partial charge in [-0.1, -0.05) is 108 Å². The Morgan fingerprint density at radius 1 is 0.649 bits per heavy atom. The highest BCUT2D eigenvalue weighted by molar-refractivity contribution is 6.30. The second-order valence-corrected chi connectivity index (χ2v) is 9.73. The molecule has 0 spiro atoms. The van der Waals surface area contributed by atoms with Crippen LogP contribution in [0.3, 0.4) is 0 Å². The van der Waals surface area contributed by atoms with E-state index in [2.05, 4.69) is 5.32 Å². The molecule has 0 bridgehead atoms. The van der Waals surface area contributed by atoms with Crippen molar-refractivity contribution in [3.05, 3.63) is 141 Å². The minimum absolute atomic E-state index is 0.145. The molecule has 4 aromatic rings. The van der Waals surface area contributed by atoms with Gasteiger partial charge in [0.25, 0.3) is 0 Å². The molecule has 2 amide bonds. The third-order valence-corrected chi connectivity index (χ3v) is 6.62. The van der Waals surface area contributed by atoms with Gasteiger partial charge in [-0.25, -0.2) is 0 Å². The van der Waals surface area contributed by atoms with Gasteiger partial charge in [-0.15, -0.1) is 0 Å². The highest BCUT2D eigenvalue weighted by Gasteiger charge is 2.30. The standard InChI is InChI=1S/C31H28Cl2N2O2/c32-27-15-11-24(12-16-27)20-30(36)35(22-26-13-17-28(33)18-14-26)29(19-23-7-3-1-4-8-23)31(37)34-21-25-9-5-2-6-10-25/h1-18,29H,19-22H2,(H,34,37)/t29-/m0/s1. The second kappa shape index (κ2) is 13.1. The van der Waals surface area contributed by atoms with Crippen LogP contribution in [0, 0.1) is 0 Å². The summed E-state index contributed by atoms with van der Waals surface area (Å²) >= 11 is 12.1. The predicted molar refractivity (Wildman–Crippen MR) is 149 cm³/mol. The Morgan fingerprint density at radius 2 is 1.16 bits per heavy atom. The van der Waals surface area contributed by atoms with Crippen molar-refractivity contribution in [3.8, 4) is 0 Å². The highest BCUT2D eigenvalue weighted by atomic mass is 35.5. The number of hydrogen-bond acceptors (Lipinski definition) is 2. The number of nitrogens with zero attached hydrogens (tertiary/aromatic N) is 1. The molecule has 1 N–H and O–H groups in total. The van der Waals surface area contributed by atoms with Crippen molar-refractivity contribution >= 4 is 35.0 Å². The first-order valence-corrected chi connectivity index (χ1v) is 12.9. The quantitative estimate of drug-likeness (QED) is 0.254. The average Bonchev–Trinajstić information content (AvgIpc) is 2.92. The molecule has 37 heavy (non-hydrogen) atoms. The number of rotatable bonds is 10. The predicted octanol–water partition coefficient (Wildman–Crippen LogP) is 6.49. The van der Waals surface area contributed by atoms with E-state index in [0.717, 1.165) is 22.3 Å². The van der Waals surface area contributed by atoms with Gasteiger partial charge in [-0.3, -0.25) is 9.59 Å². The molecule has 188 valence electrons. The van der Waals surface area contributed by atoms with E-state index in [1.165, 1.54) is 0 Å². The van der Waals surface area contributed by atoms with Crippen LogP contribution in [0.25, 0.3) is 0 Å².